The number of benzene rings is 2. The van der Waals surface area contributed by atoms with Gasteiger partial charge in [0.1, 0.15) is 0 Å². The minimum atomic E-state index is -3.81. The highest BCUT2D eigenvalue weighted by atomic mass is 32.2. The lowest BCUT2D eigenvalue weighted by atomic mass is 10.1. The summed E-state index contributed by atoms with van der Waals surface area (Å²) in [5.41, 5.74) is 2.35. The van der Waals surface area contributed by atoms with Crippen LogP contribution in [0.5, 0.6) is 0 Å². The summed E-state index contributed by atoms with van der Waals surface area (Å²) in [4.78, 5) is 12.4. The number of hydrogen-bond acceptors (Lipinski definition) is 4. The Morgan fingerprint density at radius 3 is 2.38 bits per heavy atom. The summed E-state index contributed by atoms with van der Waals surface area (Å²) < 4.78 is 33.0. The maximum atomic E-state index is 12.7. The van der Waals surface area contributed by atoms with Gasteiger partial charge < -0.3 is 10.1 Å². The van der Waals surface area contributed by atoms with Gasteiger partial charge in [-0.3, -0.25) is 9.52 Å². The van der Waals surface area contributed by atoms with E-state index in [1.807, 2.05) is 26.0 Å². The van der Waals surface area contributed by atoms with Gasteiger partial charge in [-0.05, 0) is 50.6 Å². The molecule has 6 nitrogen and oxygen atoms in total. The lowest BCUT2D eigenvalue weighted by Crippen LogP contribution is -2.35. The van der Waals surface area contributed by atoms with Gasteiger partial charge in [-0.25, -0.2) is 8.42 Å². The summed E-state index contributed by atoms with van der Waals surface area (Å²) in [6.45, 7) is 5.80. The average molecular weight is 376 g/mol. The van der Waals surface area contributed by atoms with E-state index >= 15 is 0 Å². The zero-order valence-corrected chi connectivity index (χ0v) is 16.2. The molecule has 0 fully saturated rings. The number of methoxy groups -OCH3 is 1. The van der Waals surface area contributed by atoms with E-state index in [1.165, 1.54) is 6.07 Å². The van der Waals surface area contributed by atoms with Crippen LogP contribution in [-0.4, -0.2) is 34.1 Å². The Bertz CT molecular complexity index is 877. The Morgan fingerprint density at radius 2 is 1.77 bits per heavy atom. The second-order valence-electron chi connectivity index (χ2n) is 6.28. The van der Waals surface area contributed by atoms with E-state index in [9.17, 15) is 13.2 Å². The van der Waals surface area contributed by atoms with Crippen LogP contribution in [0.3, 0.4) is 0 Å². The second-order valence-corrected chi connectivity index (χ2v) is 7.93. The number of carbonyl (C=O) groups excluding carboxylic acids is 1. The van der Waals surface area contributed by atoms with Crippen molar-refractivity contribution in [1.82, 2.24) is 5.32 Å². The predicted molar refractivity (Wildman–Crippen MR) is 102 cm³/mol. The first kappa shape index (κ1) is 19.9. The Morgan fingerprint density at radius 1 is 1.12 bits per heavy atom. The number of ether oxygens (including phenoxy) is 1. The van der Waals surface area contributed by atoms with Gasteiger partial charge in [0, 0.05) is 24.4 Å². The highest BCUT2D eigenvalue weighted by Gasteiger charge is 2.20. The van der Waals surface area contributed by atoms with E-state index in [0.717, 1.165) is 5.56 Å². The van der Waals surface area contributed by atoms with Crippen molar-refractivity contribution < 1.29 is 17.9 Å². The van der Waals surface area contributed by atoms with Gasteiger partial charge in [0.15, 0.2) is 0 Å². The Balaban J connectivity index is 2.27. The molecule has 2 rings (SSSR count). The van der Waals surface area contributed by atoms with E-state index in [0.29, 0.717) is 17.9 Å². The summed E-state index contributed by atoms with van der Waals surface area (Å²) in [5.74, 6) is -0.346. The summed E-state index contributed by atoms with van der Waals surface area (Å²) in [5, 5.41) is 2.77. The number of amides is 1. The first-order chi connectivity index (χ1) is 12.2. The molecule has 2 aromatic carbocycles. The molecular formula is C19H24N2O4S. The molecule has 1 amide bonds. The third-order valence-electron chi connectivity index (χ3n) is 3.84. The number of anilines is 1. The van der Waals surface area contributed by atoms with Crippen LogP contribution in [0.1, 0.15) is 28.4 Å². The largest absolute Gasteiger partial charge is 0.383 e. The number of aryl methyl sites for hydroxylation is 2. The number of rotatable bonds is 7. The van der Waals surface area contributed by atoms with Gasteiger partial charge in [-0.2, -0.15) is 0 Å². The standard InChI is InChI=1S/C19H24N2O4S/c1-13-5-9-17(10-6-13)21-26(23,24)18-11-16(8-7-14(18)2)19(22)20-15(3)12-25-4/h5-11,15,21H,12H2,1-4H3,(H,20,22). The van der Waals surface area contributed by atoms with Gasteiger partial charge in [0.2, 0.25) is 0 Å². The van der Waals surface area contributed by atoms with Crippen LogP contribution in [0.15, 0.2) is 47.4 Å². The zero-order chi connectivity index (χ0) is 19.3. The van der Waals surface area contributed by atoms with Crippen LogP contribution < -0.4 is 10.0 Å². The minimum absolute atomic E-state index is 0.0742. The summed E-state index contributed by atoms with van der Waals surface area (Å²) in [6, 6.07) is 11.5. The maximum Gasteiger partial charge on any atom is 0.262 e. The molecule has 0 heterocycles. The molecule has 0 bridgehead atoms. The van der Waals surface area contributed by atoms with Crippen LogP contribution in [0, 0.1) is 13.8 Å². The van der Waals surface area contributed by atoms with E-state index in [2.05, 4.69) is 10.0 Å². The van der Waals surface area contributed by atoms with Crippen LogP contribution in [0.4, 0.5) is 5.69 Å². The SMILES string of the molecule is COCC(C)NC(=O)c1ccc(C)c(S(=O)(=O)Nc2ccc(C)cc2)c1. The number of carbonyl (C=O) groups is 1. The van der Waals surface area contributed by atoms with E-state index in [1.54, 1.807) is 38.3 Å². The fourth-order valence-corrected chi connectivity index (χ4v) is 3.79. The van der Waals surface area contributed by atoms with Crippen LogP contribution in [0.2, 0.25) is 0 Å². The zero-order valence-electron chi connectivity index (χ0n) is 15.4. The van der Waals surface area contributed by atoms with Gasteiger partial charge >= 0.3 is 0 Å². The molecule has 0 aromatic heterocycles. The van der Waals surface area contributed by atoms with Gasteiger partial charge in [0.25, 0.3) is 15.9 Å². The monoisotopic (exact) mass is 376 g/mol. The molecule has 0 aliphatic rings. The second kappa shape index (κ2) is 8.33. The Hall–Kier alpha value is -2.38. The van der Waals surface area contributed by atoms with Crippen molar-refractivity contribution in [3.05, 3.63) is 59.2 Å². The highest BCUT2D eigenvalue weighted by Crippen LogP contribution is 2.21. The van der Waals surface area contributed by atoms with Gasteiger partial charge in [-0.1, -0.05) is 23.8 Å². The highest BCUT2D eigenvalue weighted by molar-refractivity contribution is 7.92. The fourth-order valence-electron chi connectivity index (χ4n) is 2.46. The Labute approximate surface area is 154 Å². The van der Waals surface area contributed by atoms with Gasteiger partial charge in [0.05, 0.1) is 11.5 Å². The average Bonchev–Trinajstić information content (AvgIpc) is 2.57. The van der Waals surface area contributed by atoms with Crippen molar-refractivity contribution in [3.8, 4) is 0 Å². The minimum Gasteiger partial charge on any atom is -0.383 e. The van der Waals surface area contributed by atoms with E-state index in [-0.39, 0.29) is 22.4 Å². The quantitative estimate of drug-likeness (QED) is 0.778. The number of nitrogens with one attached hydrogen (secondary N) is 2. The lowest BCUT2D eigenvalue weighted by molar-refractivity contribution is 0.0905. The molecular weight excluding hydrogens is 352 g/mol. The topological polar surface area (TPSA) is 84.5 Å². The molecule has 140 valence electrons. The first-order valence-electron chi connectivity index (χ1n) is 8.23. The molecule has 0 saturated heterocycles. The van der Waals surface area contributed by atoms with Crippen molar-refractivity contribution in [3.63, 3.8) is 0 Å². The number of sulfonamides is 1. The molecule has 2 N–H and O–H groups in total. The molecule has 2 aromatic rings. The molecule has 0 saturated carbocycles. The molecule has 1 atom stereocenters. The van der Waals surface area contributed by atoms with Crippen molar-refractivity contribution >= 4 is 21.6 Å². The normalized spacial score (nSPS) is 12.5. The van der Waals surface area contributed by atoms with Crippen molar-refractivity contribution in [2.24, 2.45) is 0 Å². The molecule has 0 aliphatic carbocycles. The summed E-state index contributed by atoms with van der Waals surface area (Å²) in [7, 11) is -2.25. The molecule has 26 heavy (non-hydrogen) atoms. The van der Waals surface area contributed by atoms with Crippen LogP contribution in [0.25, 0.3) is 0 Å². The lowest BCUT2D eigenvalue weighted by Gasteiger charge is -2.15. The molecule has 0 radical (unpaired) electrons. The van der Waals surface area contributed by atoms with Gasteiger partial charge in [-0.15, -0.1) is 0 Å². The fraction of sp³-hybridized carbons (Fsp3) is 0.316. The van der Waals surface area contributed by atoms with Crippen LogP contribution >= 0.6 is 0 Å². The molecule has 0 spiro atoms. The first-order valence-corrected chi connectivity index (χ1v) is 9.71. The van der Waals surface area contributed by atoms with E-state index < -0.39 is 10.0 Å². The van der Waals surface area contributed by atoms with Crippen molar-refractivity contribution in [1.29, 1.82) is 0 Å². The van der Waals surface area contributed by atoms with E-state index in [4.69, 9.17) is 4.74 Å². The molecule has 0 aliphatic heterocycles. The maximum absolute atomic E-state index is 12.7. The third-order valence-corrected chi connectivity index (χ3v) is 5.36. The number of hydrogen-bond donors (Lipinski definition) is 2. The predicted octanol–water partition coefficient (Wildman–Crippen LogP) is 2.87. The Kier molecular flexibility index (Phi) is 6.39. The third kappa shape index (κ3) is 5.06. The van der Waals surface area contributed by atoms with Crippen LogP contribution in [-0.2, 0) is 14.8 Å². The molecule has 7 heteroatoms. The van der Waals surface area contributed by atoms with Crippen molar-refractivity contribution in [2.75, 3.05) is 18.4 Å². The summed E-state index contributed by atoms with van der Waals surface area (Å²) in [6.07, 6.45) is 0. The molecule has 1 unspecified atom stereocenters. The van der Waals surface area contributed by atoms with Crippen molar-refractivity contribution in [2.45, 2.75) is 31.7 Å². The summed E-state index contributed by atoms with van der Waals surface area (Å²) >= 11 is 0. The smallest absolute Gasteiger partial charge is 0.262 e.